The summed E-state index contributed by atoms with van der Waals surface area (Å²) < 4.78 is 24.2. The van der Waals surface area contributed by atoms with Crippen molar-refractivity contribution in [2.24, 2.45) is 0 Å². The van der Waals surface area contributed by atoms with Crippen molar-refractivity contribution in [3.05, 3.63) is 59.4 Å². The van der Waals surface area contributed by atoms with Gasteiger partial charge in [-0.2, -0.15) is 0 Å². The first-order chi connectivity index (χ1) is 10.2. The normalized spacial score (nSPS) is 10.4. The molecule has 0 atom stereocenters. The molecule has 1 N–H and O–H groups in total. The molecule has 0 aliphatic carbocycles. The van der Waals surface area contributed by atoms with E-state index in [9.17, 15) is 4.39 Å². The summed E-state index contributed by atoms with van der Waals surface area (Å²) in [5.74, 6) is 1.25. The van der Waals surface area contributed by atoms with Crippen molar-refractivity contribution in [3.63, 3.8) is 0 Å². The minimum atomic E-state index is -0.222. The van der Waals surface area contributed by atoms with Gasteiger partial charge in [0, 0.05) is 6.54 Å². The lowest BCUT2D eigenvalue weighted by molar-refractivity contribution is 0.217. The van der Waals surface area contributed by atoms with Gasteiger partial charge in [-0.3, -0.25) is 0 Å². The van der Waals surface area contributed by atoms with E-state index >= 15 is 0 Å². The minimum Gasteiger partial charge on any atom is -0.490 e. The number of benzene rings is 2. The molecule has 2 aromatic carbocycles. The highest BCUT2D eigenvalue weighted by Gasteiger charge is 2.00. The molecule has 3 nitrogen and oxygen atoms in total. The Kier molecular flexibility index (Phi) is 5.58. The molecule has 21 heavy (non-hydrogen) atoms. The zero-order valence-corrected chi connectivity index (χ0v) is 12.4. The van der Waals surface area contributed by atoms with Crippen molar-refractivity contribution in [2.45, 2.75) is 13.5 Å². The van der Waals surface area contributed by atoms with Crippen LogP contribution in [0.3, 0.4) is 0 Å². The largest absolute Gasteiger partial charge is 0.490 e. The van der Waals surface area contributed by atoms with Crippen LogP contribution in [0, 0.1) is 12.7 Å². The molecule has 0 radical (unpaired) electrons. The Hall–Kier alpha value is -2.07. The summed E-state index contributed by atoms with van der Waals surface area (Å²) in [6, 6.07) is 12.6. The third-order valence-electron chi connectivity index (χ3n) is 3.05. The van der Waals surface area contributed by atoms with Crippen molar-refractivity contribution in [1.29, 1.82) is 0 Å². The van der Waals surface area contributed by atoms with Crippen molar-refractivity contribution < 1.29 is 13.9 Å². The fraction of sp³-hybridized carbons (Fsp3) is 0.294. The molecule has 0 saturated carbocycles. The first-order valence-electron chi connectivity index (χ1n) is 6.94. The summed E-state index contributed by atoms with van der Waals surface area (Å²) in [5.41, 5.74) is 1.79. The second kappa shape index (κ2) is 7.64. The van der Waals surface area contributed by atoms with Gasteiger partial charge in [-0.15, -0.1) is 0 Å². The van der Waals surface area contributed by atoms with Gasteiger partial charge in [0.05, 0.1) is 0 Å². The van der Waals surface area contributed by atoms with Crippen molar-refractivity contribution in [2.75, 3.05) is 20.3 Å². The Morgan fingerprint density at radius 1 is 0.952 bits per heavy atom. The van der Waals surface area contributed by atoms with Crippen LogP contribution in [0.4, 0.5) is 4.39 Å². The van der Waals surface area contributed by atoms with Gasteiger partial charge < -0.3 is 14.8 Å². The maximum atomic E-state index is 13.1. The van der Waals surface area contributed by atoms with E-state index in [1.54, 1.807) is 19.1 Å². The SMILES string of the molecule is CNCc1ccc(OCCOc2ccc(F)c(C)c2)cc1. The van der Waals surface area contributed by atoms with Gasteiger partial charge in [0.25, 0.3) is 0 Å². The Morgan fingerprint density at radius 3 is 2.19 bits per heavy atom. The molecule has 0 heterocycles. The average Bonchev–Trinajstić information content (AvgIpc) is 2.49. The molecule has 0 aliphatic rings. The number of ether oxygens (including phenoxy) is 2. The van der Waals surface area contributed by atoms with Crippen LogP contribution in [-0.4, -0.2) is 20.3 Å². The van der Waals surface area contributed by atoms with E-state index in [1.807, 2.05) is 31.3 Å². The Labute approximate surface area is 124 Å². The second-order valence-electron chi connectivity index (χ2n) is 4.78. The van der Waals surface area contributed by atoms with Crippen LogP contribution in [0.1, 0.15) is 11.1 Å². The number of halogens is 1. The van der Waals surface area contributed by atoms with Crippen LogP contribution in [0.2, 0.25) is 0 Å². The Morgan fingerprint density at radius 2 is 1.57 bits per heavy atom. The average molecular weight is 289 g/mol. The standard InChI is InChI=1S/C17H20FNO2/c1-13-11-16(7-8-17(13)18)21-10-9-20-15-5-3-14(4-6-15)12-19-2/h3-8,11,19H,9-10,12H2,1-2H3. The van der Waals surface area contributed by atoms with Gasteiger partial charge >= 0.3 is 0 Å². The lowest BCUT2D eigenvalue weighted by Crippen LogP contribution is -2.09. The summed E-state index contributed by atoms with van der Waals surface area (Å²) in [6.07, 6.45) is 0. The van der Waals surface area contributed by atoms with Gasteiger partial charge in [0.2, 0.25) is 0 Å². The van der Waals surface area contributed by atoms with Crippen LogP contribution < -0.4 is 14.8 Å². The molecule has 0 saturated heterocycles. The molecule has 2 rings (SSSR count). The highest BCUT2D eigenvalue weighted by atomic mass is 19.1. The molecule has 0 unspecified atom stereocenters. The predicted octanol–water partition coefficient (Wildman–Crippen LogP) is 3.31. The molecule has 0 aliphatic heterocycles. The van der Waals surface area contributed by atoms with E-state index in [4.69, 9.17) is 9.47 Å². The topological polar surface area (TPSA) is 30.5 Å². The third kappa shape index (κ3) is 4.76. The quantitative estimate of drug-likeness (QED) is 0.793. The molecular formula is C17H20FNO2. The molecule has 112 valence electrons. The van der Waals surface area contributed by atoms with Crippen molar-refractivity contribution >= 4 is 0 Å². The summed E-state index contributed by atoms with van der Waals surface area (Å²) in [6.45, 7) is 3.42. The van der Waals surface area contributed by atoms with Crippen LogP contribution in [0.5, 0.6) is 11.5 Å². The monoisotopic (exact) mass is 289 g/mol. The van der Waals surface area contributed by atoms with E-state index < -0.39 is 0 Å². The van der Waals surface area contributed by atoms with E-state index in [0.717, 1.165) is 12.3 Å². The van der Waals surface area contributed by atoms with Crippen LogP contribution in [0.15, 0.2) is 42.5 Å². The third-order valence-corrected chi connectivity index (χ3v) is 3.05. The van der Waals surface area contributed by atoms with Gasteiger partial charge in [-0.1, -0.05) is 12.1 Å². The number of hydrogen-bond acceptors (Lipinski definition) is 3. The Bertz CT molecular complexity index is 570. The van der Waals surface area contributed by atoms with Crippen LogP contribution in [0.25, 0.3) is 0 Å². The number of rotatable bonds is 7. The highest BCUT2D eigenvalue weighted by molar-refractivity contribution is 5.29. The lowest BCUT2D eigenvalue weighted by atomic mass is 10.2. The van der Waals surface area contributed by atoms with Gasteiger partial charge in [0.15, 0.2) is 0 Å². The molecule has 4 heteroatoms. The lowest BCUT2D eigenvalue weighted by Gasteiger charge is -2.09. The van der Waals surface area contributed by atoms with Crippen molar-refractivity contribution in [3.8, 4) is 11.5 Å². The minimum absolute atomic E-state index is 0.222. The molecular weight excluding hydrogens is 269 g/mol. The molecule has 0 bridgehead atoms. The molecule has 0 fully saturated rings. The summed E-state index contributed by atoms with van der Waals surface area (Å²) >= 11 is 0. The highest BCUT2D eigenvalue weighted by Crippen LogP contribution is 2.16. The van der Waals surface area contributed by atoms with Gasteiger partial charge in [-0.25, -0.2) is 4.39 Å². The summed E-state index contributed by atoms with van der Waals surface area (Å²) in [5, 5.41) is 3.09. The molecule has 0 amide bonds. The first-order valence-corrected chi connectivity index (χ1v) is 6.94. The zero-order valence-electron chi connectivity index (χ0n) is 12.4. The Balaban J connectivity index is 1.75. The van der Waals surface area contributed by atoms with Gasteiger partial charge in [-0.05, 0) is 55.4 Å². The van der Waals surface area contributed by atoms with Crippen molar-refractivity contribution in [1.82, 2.24) is 5.32 Å². The maximum Gasteiger partial charge on any atom is 0.126 e. The van der Waals surface area contributed by atoms with Gasteiger partial charge in [0.1, 0.15) is 30.5 Å². The van der Waals surface area contributed by atoms with Crippen LogP contribution >= 0.6 is 0 Å². The summed E-state index contributed by atoms with van der Waals surface area (Å²) in [4.78, 5) is 0. The van der Waals surface area contributed by atoms with E-state index in [2.05, 4.69) is 5.32 Å². The number of aryl methyl sites for hydroxylation is 1. The predicted molar refractivity (Wildman–Crippen MR) is 81.3 cm³/mol. The summed E-state index contributed by atoms with van der Waals surface area (Å²) in [7, 11) is 1.92. The van der Waals surface area contributed by atoms with E-state index in [-0.39, 0.29) is 5.82 Å². The molecule has 2 aromatic rings. The van der Waals surface area contributed by atoms with E-state index in [0.29, 0.717) is 24.5 Å². The number of hydrogen-bond donors (Lipinski definition) is 1. The molecule has 0 aromatic heterocycles. The first kappa shape index (κ1) is 15.3. The van der Waals surface area contributed by atoms with E-state index in [1.165, 1.54) is 11.6 Å². The second-order valence-corrected chi connectivity index (χ2v) is 4.78. The fourth-order valence-corrected chi connectivity index (χ4v) is 1.93. The molecule has 0 spiro atoms. The van der Waals surface area contributed by atoms with Crippen LogP contribution in [-0.2, 0) is 6.54 Å². The number of nitrogens with one attached hydrogen (secondary N) is 1. The zero-order chi connectivity index (χ0) is 15.1. The fourth-order valence-electron chi connectivity index (χ4n) is 1.93. The smallest absolute Gasteiger partial charge is 0.126 e. The maximum absolute atomic E-state index is 13.1.